The third kappa shape index (κ3) is 3.36. The second-order valence-electron chi connectivity index (χ2n) is 7.35. The van der Waals surface area contributed by atoms with Gasteiger partial charge in [-0.3, -0.25) is 0 Å². The van der Waals surface area contributed by atoms with Gasteiger partial charge in [0, 0.05) is 20.1 Å². The quantitative estimate of drug-likeness (QED) is 0.224. The molecule has 0 saturated carbocycles. The minimum atomic E-state index is 0.564. The molecule has 0 aliphatic rings. The van der Waals surface area contributed by atoms with Gasteiger partial charge in [-0.1, -0.05) is 68.3 Å². The van der Waals surface area contributed by atoms with Crippen molar-refractivity contribution in [1.29, 1.82) is 0 Å². The molecule has 0 aliphatic heterocycles. The molecule has 4 aromatic carbocycles. The van der Waals surface area contributed by atoms with Crippen LogP contribution in [0.15, 0.2) is 103 Å². The van der Waals surface area contributed by atoms with Crippen LogP contribution in [0.4, 0.5) is 0 Å². The number of nitrogens with zero attached hydrogens (tertiary/aromatic N) is 2. The Balaban J connectivity index is 1.59. The van der Waals surface area contributed by atoms with Crippen LogP contribution in [0.2, 0.25) is 0 Å². The molecule has 32 heavy (non-hydrogen) atoms. The van der Waals surface area contributed by atoms with Crippen LogP contribution in [0.3, 0.4) is 0 Å². The van der Waals surface area contributed by atoms with Crippen LogP contribution in [0.1, 0.15) is 0 Å². The molecule has 6 aromatic rings. The summed E-state index contributed by atoms with van der Waals surface area (Å²) in [5.74, 6) is 1.13. The van der Waals surface area contributed by atoms with Gasteiger partial charge in [-0.15, -0.1) is 0 Å². The standard InChI is InChI=1S/C26H14Br2N2O2/c27-15-9-11-17(19(13-15)25-29-21-5-1-3-7-23(21)31-25)18-12-10-16(28)14-20(18)26-30-22-6-2-4-8-24(22)32-26/h1-14H. The molecule has 6 rings (SSSR count). The van der Waals surface area contributed by atoms with Gasteiger partial charge in [0.15, 0.2) is 11.2 Å². The topological polar surface area (TPSA) is 52.1 Å². The van der Waals surface area contributed by atoms with Gasteiger partial charge in [-0.25, -0.2) is 9.97 Å². The Labute approximate surface area is 200 Å². The summed E-state index contributed by atoms with van der Waals surface area (Å²) in [6.07, 6.45) is 0. The van der Waals surface area contributed by atoms with Crippen LogP contribution in [0, 0.1) is 0 Å². The lowest BCUT2D eigenvalue weighted by Crippen LogP contribution is -1.90. The zero-order valence-corrected chi connectivity index (χ0v) is 19.7. The molecule has 4 nitrogen and oxygen atoms in total. The number of para-hydroxylation sites is 4. The maximum absolute atomic E-state index is 6.11. The van der Waals surface area contributed by atoms with E-state index in [1.807, 2.05) is 72.8 Å². The summed E-state index contributed by atoms with van der Waals surface area (Å²) in [5.41, 5.74) is 6.87. The predicted molar refractivity (Wildman–Crippen MR) is 133 cm³/mol. The lowest BCUT2D eigenvalue weighted by atomic mass is 9.95. The van der Waals surface area contributed by atoms with Crippen LogP contribution < -0.4 is 0 Å². The summed E-state index contributed by atoms with van der Waals surface area (Å²) in [4.78, 5) is 9.46. The molecular formula is C26H14Br2N2O2. The van der Waals surface area contributed by atoms with Gasteiger partial charge in [0.25, 0.3) is 0 Å². The molecule has 0 aliphatic carbocycles. The molecule has 154 valence electrons. The minimum absolute atomic E-state index is 0.564. The molecule has 6 heteroatoms. The zero-order valence-electron chi connectivity index (χ0n) is 16.5. The number of fused-ring (bicyclic) bond motifs is 2. The van der Waals surface area contributed by atoms with E-state index in [-0.39, 0.29) is 0 Å². The van der Waals surface area contributed by atoms with E-state index >= 15 is 0 Å². The fraction of sp³-hybridized carbons (Fsp3) is 0. The summed E-state index contributed by atoms with van der Waals surface area (Å²) in [5, 5.41) is 0. The van der Waals surface area contributed by atoms with E-state index in [0.717, 1.165) is 53.4 Å². The number of rotatable bonds is 3. The molecule has 2 aromatic heterocycles. The summed E-state index contributed by atoms with van der Waals surface area (Å²) < 4.78 is 14.1. The van der Waals surface area contributed by atoms with Crippen LogP contribution in [0.5, 0.6) is 0 Å². The van der Waals surface area contributed by atoms with Crippen LogP contribution in [0.25, 0.3) is 56.2 Å². The Morgan fingerprint density at radius 1 is 0.500 bits per heavy atom. The normalized spacial score (nSPS) is 11.4. The SMILES string of the molecule is Brc1ccc(-c2ccc(Br)cc2-c2nc3ccccc3o2)c(-c2nc3ccccc3o2)c1. The van der Waals surface area contributed by atoms with E-state index < -0.39 is 0 Å². The predicted octanol–water partition coefficient (Wildman–Crippen LogP) is 8.49. The number of hydrogen-bond donors (Lipinski definition) is 0. The Morgan fingerprint density at radius 3 is 1.38 bits per heavy atom. The highest BCUT2D eigenvalue weighted by molar-refractivity contribution is 9.10. The van der Waals surface area contributed by atoms with Crippen molar-refractivity contribution in [3.05, 3.63) is 93.9 Å². The van der Waals surface area contributed by atoms with Gasteiger partial charge < -0.3 is 8.83 Å². The summed E-state index contributed by atoms with van der Waals surface area (Å²) in [6, 6.07) is 27.7. The lowest BCUT2D eigenvalue weighted by molar-refractivity contribution is 0.618. The van der Waals surface area contributed by atoms with Gasteiger partial charge in [-0.2, -0.15) is 0 Å². The van der Waals surface area contributed by atoms with E-state index in [2.05, 4.69) is 44.0 Å². The third-order valence-electron chi connectivity index (χ3n) is 5.30. The zero-order chi connectivity index (χ0) is 21.7. The molecular weight excluding hydrogens is 532 g/mol. The van der Waals surface area contributed by atoms with E-state index in [0.29, 0.717) is 11.8 Å². The molecule has 0 radical (unpaired) electrons. The highest BCUT2D eigenvalue weighted by atomic mass is 79.9. The van der Waals surface area contributed by atoms with Gasteiger partial charge in [0.1, 0.15) is 11.0 Å². The fourth-order valence-corrected chi connectivity index (χ4v) is 4.55. The molecule has 0 saturated heterocycles. The van der Waals surface area contributed by atoms with Gasteiger partial charge in [0.2, 0.25) is 11.8 Å². The van der Waals surface area contributed by atoms with Crippen LogP contribution >= 0.6 is 31.9 Å². The van der Waals surface area contributed by atoms with Crippen molar-refractivity contribution in [3.63, 3.8) is 0 Å². The first-order valence-electron chi connectivity index (χ1n) is 9.97. The summed E-state index contributed by atoms with van der Waals surface area (Å²) in [6.45, 7) is 0. The monoisotopic (exact) mass is 544 g/mol. The van der Waals surface area contributed by atoms with E-state index in [1.165, 1.54) is 0 Å². The number of aromatic nitrogens is 2. The molecule has 0 amide bonds. The number of oxazole rings is 2. The molecule has 0 atom stereocenters. The van der Waals surface area contributed by atoms with Crippen molar-refractivity contribution in [1.82, 2.24) is 9.97 Å². The number of halogens is 2. The first kappa shape index (κ1) is 19.5. The first-order chi connectivity index (χ1) is 15.7. The van der Waals surface area contributed by atoms with E-state index in [4.69, 9.17) is 18.8 Å². The summed E-state index contributed by atoms with van der Waals surface area (Å²) in [7, 11) is 0. The van der Waals surface area contributed by atoms with Crippen molar-refractivity contribution in [2.45, 2.75) is 0 Å². The summed E-state index contributed by atoms with van der Waals surface area (Å²) >= 11 is 7.20. The van der Waals surface area contributed by atoms with Gasteiger partial charge in [0.05, 0.1) is 0 Å². The van der Waals surface area contributed by atoms with Crippen molar-refractivity contribution in [2.75, 3.05) is 0 Å². The van der Waals surface area contributed by atoms with Crippen molar-refractivity contribution < 1.29 is 8.83 Å². The van der Waals surface area contributed by atoms with Gasteiger partial charge >= 0.3 is 0 Å². The largest absolute Gasteiger partial charge is 0.436 e. The van der Waals surface area contributed by atoms with Gasteiger partial charge in [-0.05, 0) is 59.7 Å². The second kappa shape index (κ2) is 7.73. The number of hydrogen-bond acceptors (Lipinski definition) is 4. The smallest absolute Gasteiger partial charge is 0.227 e. The van der Waals surface area contributed by atoms with Crippen molar-refractivity contribution in [2.24, 2.45) is 0 Å². The minimum Gasteiger partial charge on any atom is -0.436 e. The fourth-order valence-electron chi connectivity index (χ4n) is 3.83. The Morgan fingerprint density at radius 2 is 0.938 bits per heavy atom. The van der Waals surface area contributed by atoms with E-state index in [1.54, 1.807) is 0 Å². The third-order valence-corrected chi connectivity index (χ3v) is 6.29. The highest BCUT2D eigenvalue weighted by Crippen LogP contribution is 2.41. The van der Waals surface area contributed by atoms with E-state index in [9.17, 15) is 0 Å². The number of benzene rings is 4. The average Bonchev–Trinajstić information content (AvgIpc) is 3.43. The second-order valence-corrected chi connectivity index (χ2v) is 9.18. The molecule has 0 bridgehead atoms. The Bertz CT molecular complexity index is 1430. The average molecular weight is 546 g/mol. The molecule has 0 spiro atoms. The molecule has 0 unspecified atom stereocenters. The Hall–Kier alpha value is -3.22. The lowest BCUT2D eigenvalue weighted by Gasteiger charge is -2.12. The highest BCUT2D eigenvalue weighted by Gasteiger charge is 2.20. The van der Waals surface area contributed by atoms with Crippen molar-refractivity contribution in [3.8, 4) is 34.0 Å². The molecule has 0 fully saturated rings. The van der Waals surface area contributed by atoms with Crippen molar-refractivity contribution >= 4 is 54.1 Å². The maximum Gasteiger partial charge on any atom is 0.227 e. The van der Waals surface area contributed by atoms with Crippen LogP contribution in [-0.2, 0) is 0 Å². The molecule has 0 N–H and O–H groups in total. The first-order valence-corrected chi connectivity index (χ1v) is 11.6. The maximum atomic E-state index is 6.11. The Kier molecular flexibility index (Phi) is 4.70. The molecule has 2 heterocycles. The van der Waals surface area contributed by atoms with Crippen LogP contribution in [-0.4, -0.2) is 9.97 Å².